The number of carboxylic acid groups (broad SMARTS) is 1. The van der Waals surface area contributed by atoms with E-state index in [0.29, 0.717) is 31.4 Å². The van der Waals surface area contributed by atoms with Crippen LogP contribution in [0.3, 0.4) is 0 Å². The van der Waals surface area contributed by atoms with Crippen molar-refractivity contribution in [3.05, 3.63) is 65.9 Å². The number of fused-ring (bicyclic) bond motifs is 1. The normalized spacial score (nSPS) is 17.1. The number of benzene rings is 2. The summed E-state index contributed by atoms with van der Waals surface area (Å²) >= 11 is 0. The Labute approximate surface area is 244 Å². The molecule has 224 valence electrons. The zero-order valence-electron chi connectivity index (χ0n) is 23.9. The molecule has 1 aliphatic rings. The fourth-order valence-corrected chi connectivity index (χ4v) is 5.46. The average molecular weight is 578 g/mol. The van der Waals surface area contributed by atoms with Crippen LogP contribution in [0.4, 0.5) is 0 Å². The van der Waals surface area contributed by atoms with Gasteiger partial charge in [0.25, 0.3) is 0 Å². The SMILES string of the molecule is CC(C)CC(N)C(=O)N1CCCC1C(=O)NC(Cc1c[nH]c2ccccc12)C(=O)NC(Cc1ccc(O)cc1)C(=O)O. The third-order valence-corrected chi connectivity index (χ3v) is 7.60. The number of hydrogen-bond acceptors (Lipinski definition) is 6. The van der Waals surface area contributed by atoms with Crippen LogP contribution < -0.4 is 16.4 Å². The van der Waals surface area contributed by atoms with Gasteiger partial charge in [0.05, 0.1) is 6.04 Å². The van der Waals surface area contributed by atoms with E-state index in [9.17, 15) is 29.4 Å². The first-order chi connectivity index (χ1) is 20.0. The maximum Gasteiger partial charge on any atom is 0.326 e. The molecule has 1 fully saturated rings. The first-order valence-corrected chi connectivity index (χ1v) is 14.3. The topological polar surface area (TPSA) is 178 Å². The van der Waals surface area contributed by atoms with E-state index >= 15 is 0 Å². The number of aromatic hydroxyl groups is 1. The smallest absolute Gasteiger partial charge is 0.326 e. The minimum absolute atomic E-state index is 0.0201. The fourth-order valence-electron chi connectivity index (χ4n) is 5.46. The number of phenols is 1. The fraction of sp³-hybridized carbons (Fsp3) is 0.419. The van der Waals surface area contributed by atoms with E-state index in [1.54, 1.807) is 18.3 Å². The number of nitrogens with two attached hydrogens (primary N) is 1. The molecule has 0 saturated carbocycles. The van der Waals surface area contributed by atoms with Crippen molar-refractivity contribution in [1.82, 2.24) is 20.5 Å². The number of H-pyrrole nitrogens is 1. The van der Waals surface area contributed by atoms with E-state index in [0.717, 1.165) is 16.5 Å². The van der Waals surface area contributed by atoms with E-state index in [-0.39, 0.29) is 30.4 Å². The Morgan fingerprint density at radius 2 is 1.74 bits per heavy atom. The Kier molecular flexibility index (Phi) is 9.84. The average Bonchev–Trinajstić information content (AvgIpc) is 3.60. The number of aromatic amines is 1. The number of carbonyl (C=O) groups excluding carboxylic acids is 3. The number of likely N-dealkylation sites (tertiary alicyclic amines) is 1. The number of nitrogens with zero attached hydrogens (tertiary/aromatic N) is 1. The molecule has 4 unspecified atom stereocenters. The van der Waals surface area contributed by atoms with Crippen molar-refractivity contribution in [3.8, 4) is 5.75 Å². The van der Waals surface area contributed by atoms with Gasteiger partial charge in [-0.3, -0.25) is 14.4 Å². The van der Waals surface area contributed by atoms with E-state index in [1.807, 2.05) is 38.1 Å². The highest BCUT2D eigenvalue weighted by Gasteiger charge is 2.38. The lowest BCUT2D eigenvalue weighted by atomic mass is 10.0. The first-order valence-electron chi connectivity index (χ1n) is 14.3. The van der Waals surface area contributed by atoms with E-state index in [2.05, 4.69) is 15.6 Å². The van der Waals surface area contributed by atoms with Gasteiger partial charge in [-0.1, -0.05) is 44.2 Å². The van der Waals surface area contributed by atoms with Crippen molar-refractivity contribution in [2.45, 2.75) is 70.1 Å². The van der Waals surface area contributed by atoms with E-state index < -0.39 is 42.0 Å². The molecular formula is C31H39N5O6. The number of carboxylic acids is 1. The third kappa shape index (κ3) is 7.47. The Morgan fingerprint density at radius 3 is 2.43 bits per heavy atom. The van der Waals surface area contributed by atoms with Crippen LogP contribution in [0.5, 0.6) is 5.75 Å². The summed E-state index contributed by atoms with van der Waals surface area (Å²) in [6.07, 6.45) is 3.40. The predicted octanol–water partition coefficient (Wildman–Crippen LogP) is 2.08. The Morgan fingerprint density at radius 1 is 1.02 bits per heavy atom. The number of hydrogen-bond donors (Lipinski definition) is 6. The third-order valence-electron chi connectivity index (χ3n) is 7.60. The zero-order chi connectivity index (χ0) is 30.4. The molecule has 2 aromatic carbocycles. The predicted molar refractivity (Wildman–Crippen MR) is 157 cm³/mol. The number of carbonyl (C=O) groups is 4. The molecule has 2 heterocycles. The van der Waals surface area contributed by atoms with Gasteiger partial charge >= 0.3 is 5.97 Å². The number of amides is 3. The van der Waals surface area contributed by atoms with Crippen molar-refractivity contribution in [2.75, 3.05) is 6.54 Å². The molecule has 1 aliphatic heterocycles. The van der Waals surface area contributed by atoms with Crippen LogP contribution in [0.15, 0.2) is 54.7 Å². The standard InChI is InChI=1S/C31H39N5O6/c1-18(2)14-23(32)30(40)36-13-5-8-27(36)29(39)34-25(16-20-17-33-24-7-4-3-6-22(20)24)28(38)35-26(31(41)42)15-19-9-11-21(37)12-10-19/h3-4,6-7,9-12,17-18,23,25-27,33,37H,5,8,13-16,32H2,1-2H3,(H,34,39)(H,35,38)(H,41,42). The summed E-state index contributed by atoms with van der Waals surface area (Å²) < 4.78 is 0. The number of nitrogens with one attached hydrogen (secondary N) is 3. The van der Waals surface area contributed by atoms with Gasteiger partial charge < -0.3 is 36.5 Å². The molecule has 7 N–H and O–H groups in total. The van der Waals surface area contributed by atoms with Crippen molar-refractivity contribution in [3.63, 3.8) is 0 Å². The minimum atomic E-state index is -1.27. The molecule has 1 saturated heterocycles. The molecule has 1 aromatic heterocycles. The van der Waals surface area contributed by atoms with Crippen molar-refractivity contribution >= 4 is 34.6 Å². The van der Waals surface area contributed by atoms with Crippen LogP contribution >= 0.6 is 0 Å². The van der Waals surface area contributed by atoms with Gasteiger partial charge in [0.2, 0.25) is 17.7 Å². The molecule has 11 heteroatoms. The number of para-hydroxylation sites is 1. The number of rotatable bonds is 12. The van der Waals surface area contributed by atoms with Gasteiger partial charge in [-0.05, 0) is 54.5 Å². The maximum absolute atomic E-state index is 13.6. The highest BCUT2D eigenvalue weighted by atomic mass is 16.4. The highest BCUT2D eigenvalue weighted by molar-refractivity contribution is 5.95. The van der Waals surface area contributed by atoms with Crippen LogP contribution in [-0.4, -0.2) is 74.5 Å². The lowest BCUT2D eigenvalue weighted by Gasteiger charge is -2.29. The summed E-state index contributed by atoms with van der Waals surface area (Å²) in [6, 6.07) is 9.71. The molecule has 0 spiro atoms. The van der Waals surface area contributed by atoms with E-state index in [4.69, 9.17) is 5.73 Å². The number of phenolic OH excluding ortho intramolecular Hbond substituents is 1. The summed E-state index contributed by atoms with van der Waals surface area (Å²) in [4.78, 5) is 57.0. The highest BCUT2D eigenvalue weighted by Crippen LogP contribution is 2.22. The summed E-state index contributed by atoms with van der Waals surface area (Å²) in [7, 11) is 0. The van der Waals surface area contributed by atoms with Gasteiger partial charge in [-0.2, -0.15) is 0 Å². The largest absolute Gasteiger partial charge is 0.508 e. The van der Waals surface area contributed by atoms with E-state index in [1.165, 1.54) is 17.0 Å². The monoisotopic (exact) mass is 577 g/mol. The molecule has 3 aromatic rings. The van der Waals surface area contributed by atoms with Crippen LogP contribution in [0.2, 0.25) is 0 Å². The number of aliphatic carboxylic acids is 1. The molecular weight excluding hydrogens is 538 g/mol. The molecule has 4 rings (SSSR count). The minimum Gasteiger partial charge on any atom is -0.508 e. The lowest BCUT2D eigenvalue weighted by Crippen LogP contribution is -2.57. The van der Waals surface area contributed by atoms with Crippen molar-refractivity contribution < 1.29 is 29.4 Å². The summed E-state index contributed by atoms with van der Waals surface area (Å²) in [5, 5.41) is 25.7. The van der Waals surface area contributed by atoms with Gasteiger partial charge in [-0.15, -0.1) is 0 Å². The van der Waals surface area contributed by atoms with Crippen molar-refractivity contribution in [1.29, 1.82) is 0 Å². The maximum atomic E-state index is 13.6. The molecule has 4 atom stereocenters. The van der Waals surface area contributed by atoms with Crippen LogP contribution in [0.1, 0.15) is 44.2 Å². The molecule has 42 heavy (non-hydrogen) atoms. The molecule has 11 nitrogen and oxygen atoms in total. The molecule has 0 aliphatic carbocycles. The Bertz CT molecular complexity index is 1420. The van der Waals surface area contributed by atoms with Gasteiger partial charge in [0, 0.05) is 36.5 Å². The van der Waals surface area contributed by atoms with Crippen LogP contribution in [0.25, 0.3) is 10.9 Å². The Balaban J connectivity index is 1.55. The molecule has 0 bridgehead atoms. The van der Waals surface area contributed by atoms with Crippen LogP contribution in [-0.2, 0) is 32.0 Å². The second kappa shape index (κ2) is 13.5. The summed E-state index contributed by atoms with van der Waals surface area (Å²) in [5.41, 5.74) is 8.39. The number of aromatic nitrogens is 1. The quantitative estimate of drug-likeness (QED) is 0.191. The van der Waals surface area contributed by atoms with Gasteiger partial charge in [0.15, 0.2) is 0 Å². The van der Waals surface area contributed by atoms with Crippen molar-refractivity contribution in [2.24, 2.45) is 11.7 Å². The van der Waals surface area contributed by atoms with Gasteiger partial charge in [-0.25, -0.2) is 4.79 Å². The lowest BCUT2D eigenvalue weighted by molar-refractivity contribution is -0.143. The van der Waals surface area contributed by atoms with Crippen LogP contribution in [0, 0.1) is 5.92 Å². The summed E-state index contributed by atoms with van der Waals surface area (Å²) in [5.74, 6) is -2.41. The summed E-state index contributed by atoms with van der Waals surface area (Å²) in [6.45, 7) is 4.35. The zero-order valence-corrected chi connectivity index (χ0v) is 23.9. The second-order valence-electron chi connectivity index (χ2n) is 11.3. The van der Waals surface area contributed by atoms with Gasteiger partial charge in [0.1, 0.15) is 23.9 Å². The molecule has 3 amide bonds. The Hall–Kier alpha value is -4.38. The first kappa shape index (κ1) is 30.6. The second-order valence-corrected chi connectivity index (χ2v) is 11.3. The molecule has 0 radical (unpaired) electrons.